The summed E-state index contributed by atoms with van der Waals surface area (Å²) in [7, 11) is 0. The summed E-state index contributed by atoms with van der Waals surface area (Å²) >= 11 is 0. The Morgan fingerprint density at radius 1 is 0.560 bits per heavy atom. The zero-order chi connectivity index (χ0) is 36.4. The van der Waals surface area contributed by atoms with Crippen molar-refractivity contribution < 1.29 is 39.6 Å². The number of hydrogen-bond acceptors (Lipinski definition) is 9. The van der Waals surface area contributed by atoms with Crippen LogP contribution in [0.2, 0.25) is 0 Å². The number of hydroxylamine groups is 6. The second-order valence-corrected chi connectivity index (χ2v) is 15.2. The van der Waals surface area contributed by atoms with Crippen LogP contribution < -0.4 is 16.0 Å². The lowest BCUT2D eigenvalue weighted by Crippen LogP contribution is -2.50. The SMILES string of the molecule is CC(=O)N(O)CCCCCNC(=O)CCC(=O)N(O)CCCCCNC(=O)CCC(=O)N(O)CCCCCNCC12CC3CC(CC(C3)C1)C2. The largest absolute Gasteiger partial charge is 0.356 e. The fraction of sp³-hybridized carbons (Fsp3) is 0.861. The molecule has 4 fully saturated rings. The number of carbonyl (C=O) groups excluding carboxylic acids is 5. The minimum atomic E-state index is -0.539. The van der Waals surface area contributed by atoms with Gasteiger partial charge in [0.25, 0.3) is 0 Å². The average molecular weight is 709 g/mol. The van der Waals surface area contributed by atoms with Crippen molar-refractivity contribution in [1.82, 2.24) is 31.1 Å². The lowest BCUT2D eigenvalue weighted by molar-refractivity contribution is -0.166. The molecule has 14 heteroatoms. The quantitative estimate of drug-likeness (QED) is 0.0441. The van der Waals surface area contributed by atoms with E-state index < -0.39 is 17.7 Å². The Bertz CT molecular complexity index is 1060. The van der Waals surface area contributed by atoms with E-state index in [1.165, 1.54) is 45.4 Å². The highest BCUT2D eigenvalue weighted by atomic mass is 16.5. The van der Waals surface area contributed by atoms with Crippen LogP contribution in [0.15, 0.2) is 0 Å². The molecule has 0 unspecified atom stereocenters. The molecule has 4 aliphatic carbocycles. The number of nitrogens with one attached hydrogen (secondary N) is 3. The van der Waals surface area contributed by atoms with Gasteiger partial charge in [-0.25, -0.2) is 15.2 Å². The molecule has 0 heterocycles. The molecule has 6 N–H and O–H groups in total. The molecule has 0 aromatic carbocycles. The van der Waals surface area contributed by atoms with Gasteiger partial charge in [-0.2, -0.15) is 0 Å². The smallest absolute Gasteiger partial charge is 0.246 e. The van der Waals surface area contributed by atoms with Crippen LogP contribution in [0, 0.1) is 23.2 Å². The first-order chi connectivity index (χ1) is 24.0. The molecule has 14 nitrogen and oxygen atoms in total. The second-order valence-electron chi connectivity index (χ2n) is 15.2. The van der Waals surface area contributed by atoms with Crippen LogP contribution in [-0.2, 0) is 24.0 Å². The number of nitrogens with zero attached hydrogens (tertiary/aromatic N) is 3. The van der Waals surface area contributed by atoms with Crippen molar-refractivity contribution in [1.29, 1.82) is 0 Å². The van der Waals surface area contributed by atoms with Gasteiger partial charge in [0.15, 0.2) is 0 Å². The highest BCUT2D eigenvalue weighted by Gasteiger charge is 2.50. The third-order valence-corrected chi connectivity index (χ3v) is 10.7. The Kier molecular flexibility index (Phi) is 18.5. The van der Waals surface area contributed by atoms with Crippen LogP contribution in [0.1, 0.15) is 129 Å². The molecular formula is C36H64N6O8. The first-order valence-electron chi connectivity index (χ1n) is 19.2. The zero-order valence-electron chi connectivity index (χ0n) is 30.3. The van der Waals surface area contributed by atoms with Gasteiger partial charge >= 0.3 is 0 Å². The van der Waals surface area contributed by atoms with Crippen LogP contribution in [-0.4, -0.2) is 106 Å². The minimum Gasteiger partial charge on any atom is -0.356 e. The van der Waals surface area contributed by atoms with E-state index >= 15 is 0 Å². The molecule has 0 radical (unpaired) electrons. The molecule has 0 aromatic rings. The predicted octanol–water partition coefficient (Wildman–Crippen LogP) is 3.77. The molecule has 0 spiro atoms. The summed E-state index contributed by atoms with van der Waals surface area (Å²) in [5.74, 6) is 0.937. The molecule has 4 bridgehead atoms. The summed E-state index contributed by atoms with van der Waals surface area (Å²) in [6.07, 6.45) is 14.9. The summed E-state index contributed by atoms with van der Waals surface area (Å²) in [6, 6.07) is 0. The predicted molar refractivity (Wildman–Crippen MR) is 186 cm³/mol. The van der Waals surface area contributed by atoms with E-state index in [2.05, 4.69) is 16.0 Å². The molecule has 0 atom stereocenters. The lowest BCUT2D eigenvalue weighted by atomic mass is 9.49. The first kappa shape index (κ1) is 41.6. The van der Waals surface area contributed by atoms with Gasteiger partial charge in [0.2, 0.25) is 29.5 Å². The third-order valence-electron chi connectivity index (χ3n) is 10.7. The van der Waals surface area contributed by atoms with Crippen LogP contribution >= 0.6 is 0 Å². The molecule has 0 saturated heterocycles. The van der Waals surface area contributed by atoms with E-state index in [0.29, 0.717) is 60.7 Å². The standard InChI is InChI=1S/C36H64N6O8/c1-28(43)40(48)18-8-3-6-16-38-32(44)12-14-35(47)42(50)20-10-4-7-17-39-33(45)11-13-34(46)41(49)19-9-2-5-15-37-27-36-24-29-21-30(25-36)23-31(22-29)26-36/h29-31,37,48-50H,2-27H2,1H3,(H,38,44)(H,39,45). The van der Waals surface area contributed by atoms with Crippen LogP contribution in [0.3, 0.4) is 0 Å². The summed E-state index contributed by atoms with van der Waals surface area (Å²) < 4.78 is 0. The molecule has 50 heavy (non-hydrogen) atoms. The zero-order valence-corrected chi connectivity index (χ0v) is 30.3. The Hall–Kier alpha value is -2.81. The second kappa shape index (κ2) is 22.2. The Balaban J connectivity index is 1.08. The number of unbranched alkanes of at least 4 members (excludes halogenated alkanes) is 6. The van der Waals surface area contributed by atoms with Crippen molar-refractivity contribution in [3.8, 4) is 0 Å². The van der Waals surface area contributed by atoms with Gasteiger partial charge < -0.3 is 16.0 Å². The fourth-order valence-electron chi connectivity index (χ4n) is 8.41. The highest BCUT2D eigenvalue weighted by molar-refractivity contribution is 5.83. The van der Waals surface area contributed by atoms with Crippen LogP contribution in [0.25, 0.3) is 0 Å². The van der Waals surface area contributed by atoms with E-state index in [1.54, 1.807) is 0 Å². The Morgan fingerprint density at radius 3 is 1.38 bits per heavy atom. The maximum atomic E-state index is 12.2. The normalized spacial score (nSPS) is 21.9. The fourth-order valence-corrected chi connectivity index (χ4v) is 8.41. The Morgan fingerprint density at radius 2 is 0.960 bits per heavy atom. The summed E-state index contributed by atoms with van der Waals surface area (Å²) in [4.78, 5) is 59.3. The van der Waals surface area contributed by atoms with Crippen molar-refractivity contribution in [2.24, 2.45) is 23.2 Å². The molecule has 5 amide bonds. The Labute approximate surface area is 297 Å². The molecule has 0 aromatic heterocycles. The summed E-state index contributed by atoms with van der Waals surface area (Å²) in [5, 5.41) is 40.5. The van der Waals surface area contributed by atoms with Crippen molar-refractivity contribution in [2.75, 3.05) is 45.8 Å². The molecule has 4 saturated carbocycles. The number of carbonyl (C=O) groups is 5. The molecule has 286 valence electrons. The van der Waals surface area contributed by atoms with Gasteiger partial charge in [0, 0.05) is 71.9 Å². The van der Waals surface area contributed by atoms with Crippen molar-refractivity contribution in [2.45, 2.75) is 129 Å². The van der Waals surface area contributed by atoms with Gasteiger partial charge in [0.05, 0.1) is 0 Å². The summed E-state index contributed by atoms with van der Waals surface area (Å²) in [6.45, 7) is 4.84. The van der Waals surface area contributed by atoms with Crippen LogP contribution in [0.5, 0.6) is 0 Å². The van der Waals surface area contributed by atoms with Gasteiger partial charge in [-0.1, -0.05) is 6.42 Å². The van der Waals surface area contributed by atoms with Crippen LogP contribution in [0.4, 0.5) is 0 Å². The van der Waals surface area contributed by atoms with Crippen molar-refractivity contribution in [3.05, 3.63) is 0 Å². The number of amides is 5. The monoisotopic (exact) mass is 708 g/mol. The maximum Gasteiger partial charge on any atom is 0.246 e. The minimum absolute atomic E-state index is 0.000208. The molecule has 4 aliphatic rings. The van der Waals surface area contributed by atoms with Crippen molar-refractivity contribution >= 4 is 29.5 Å². The maximum absolute atomic E-state index is 12.2. The molecule has 0 aliphatic heterocycles. The van der Waals surface area contributed by atoms with E-state index in [4.69, 9.17) is 0 Å². The lowest BCUT2D eigenvalue weighted by Gasteiger charge is -2.57. The topological polar surface area (TPSA) is 192 Å². The van der Waals surface area contributed by atoms with E-state index in [0.717, 1.165) is 61.6 Å². The van der Waals surface area contributed by atoms with Crippen molar-refractivity contribution in [3.63, 3.8) is 0 Å². The van der Waals surface area contributed by atoms with Gasteiger partial charge in [0.1, 0.15) is 0 Å². The van der Waals surface area contributed by atoms with E-state index in [9.17, 15) is 39.6 Å². The highest BCUT2D eigenvalue weighted by Crippen LogP contribution is 2.59. The summed E-state index contributed by atoms with van der Waals surface area (Å²) in [5.41, 5.74) is 0.538. The third kappa shape index (κ3) is 15.6. The van der Waals surface area contributed by atoms with Gasteiger partial charge in [-0.3, -0.25) is 39.6 Å². The molecule has 4 rings (SSSR count). The molecular weight excluding hydrogens is 644 g/mol. The van der Waals surface area contributed by atoms with E-state index in [-0.39, 0.29) is 57.1 Å². The van der Waals surface area contributed by atoms with Gasteiger partial charge in [-0.15, -0.1) is 0 Å². The number of hydrogen-bond donors (Lipinski definition) is 6. The van der Waals surface area contributed by atoms with Gasteiger partial charge in [-0.05, 0) is 120 Å². The average Bonchev–Trinajstić information content (AvgIpc) is 3.07. The first-order valence-corrected chi connectivity index (χ1v) is 19.2. The van der Waals surface area contributed by atoms with E-state index in [1.807, 2.05) is 0 Å². The number of rotatable bonds is 26.